The van der Waals surface area contributed by atoms with Gasteiger partial charge in [0.2, 0.25) is 6.79 Å². The van der Waals surface area contributed by atoms with E-state index in [1.807, 2.05) is 6.07 Å². The Morgan fingerprint density at radius 2 is 1.91 bits per heavy atom. The molecule has 0 amide bonds. The zero-order valence-corrected chi connectivity index (χ0v) is 14.0. The maximum Gasteiger partial charge on any atom is 0.231 e. The molecule has 0 saturated carbocycles. The largest absolute Gasteiger partial charge is 0.454 e. The summed E-state index contributed by atoms with van der Waals surface area (Å²) in [4.78, 5) is 2.55. The lowest BCUT2D eigenvalue weighted by Crippen LogP contribution is -2.45. The Labute approximate surface area is 137 Å². The summed E-state index contributed by atoms with van der Waals surface area (Å²) in [5.74, 6) is 1.59. The molecule has 0 aromatic heterocycles. The van der Waals surface area contributed by atoms with E-state index in [1.165, 1.54) is 24.8 Å². The summed E-state index contributed by atoms with van der Waals surface area (Å²) >= 11 is 6.56. The highest BCUT2D eigenvalue weighted by Crippen LogP contribution is 2.41. The second-order valence-electron chi connectivity index (χ2n) is 6.02. The van der Waals surface area contributed by atoms with Crippen LogP contribution in [0.3, 0.4) is 0 Å². The normalized spacial score (nSPS) is 19.4. The SMILES string of the molecule is CCCCC[C@@H](c1cc2c(cc1Cl)OCO2)N1CCNCC1. The number of benzene rings is 1. The summed E-state index contributed by atoms with van der Waals surface area (Å²) in [7, 11) is 0. The van der Waals surface area contributed by atoms with Gasteiger partial charge in [-0.25, -0.2) is 0 Å². The number of hydrogen-bond donors (Lipinski definition) is 1. The first kappa shape index (κ1) is 15.9. The highest BCUT2D eigenvalue weighted by atomic mass is 35.5. The number of halogens is 1. The van der Waals surface area contributed by atoms with Crippen molar-refractivity contribution in [1.82, 2.24) is 10.2 Å². The van der Waals surface area contributed by atoms with Crippen molar-refractivity contribution in [3.8, 4) is 11.5 Å². The fraction of sp³-hybridized carbons (Fsp3) is 0.647. The van der Waals surface area contributed by atoms with Crippen LogP contribution in [0.15, 0.2) is 12.1 Å². The van der Waals surface area contributed by atoms with Crippen LogP contribution < -0.4 is 14.8 Å². The van der Waals surface area contributed by atoms with Crippen LogP contribution in [0, 0.1) is 0 Å². The predicted molar refractivity (Wildman–Crippen MR) is 88.9 cm³/mol. The Kier molecular flexibility index (Phi) is 5.45. The third kappa shape index (κ3) is 3.50. The molecule has 1 saturated heterocycles. The molecule has 2 aliphatic heterocycles. The summed E-state index contributed by atoms with van der Waals surface area (Å²) in [6.07, 6.45) is 4.89. The van der Waals surface area contributed by atoms with Crippen molar-refractivity contribution < 1.29 is 9.47 Å². The van der Waals surface area contributed by atoms with Crippen LogP contribution in [-0.4, -0.2) is 37.9 Å². The Morgan fingerprint density at radius 1 is 1.18 bits per heavy atom. The van der Waals surface area contributed by atoms with E-state index in [0.717, 1.165) is 49.1 Å². The van der Waals surface area contributed by atoms with Crippen LogP contribution in [0.1, 0.15) is 44.2 Å². The minimum atomic E-state index is 0.295. The second-order valence-corrected chi connectivity index (χ2v) is 6.43. The van der Waals surface area contributed by atoms with Crippen LogP contribution in [0.2, 0.25) is 5.02 Å². The van der Waals surface area contributed by atoms with Gasteiger partial charge in [0, 0.05) is 43.3 Å². The monoisotopic (exact) mass is 324 g/mol. The van der Waals surface area contributed by atoms with Crippen molar-refractivity contribution in [1.29, 1.82) is 0 Å². The third-order valence-corrected chi connectivity index (χ3v) is 4.85. The molecular formula is C17H25ClN2O2. The lowest BCUT2D eigenvalue weighted by molar-refractivity contribution is 0.162. The van der Waals surface area contributed by atoms with Gasteiger partial charge in [0.15, 0.2) is 11.5 Å². The van der Waals surface area contributed by atoms with E-state index in [9.17, 15) is 0 Å². The van der Waals surface area contributed by atoms with E-state index in [-0.39, 0.29) is 0 Å². The van der Waals surface area contributed by atoms with Crippen LogP contribution in [0.25, 0.3) is 0 Å². The molecule has 2 aliphatic rings. The van der Waals surface area contributed by atoms with Crippen molar-refractivity contribution in [3.63, 3.8) is 0 Å². The van der Waals surface area contributed by atoms with E-state index in [2.05, 4.69) is 23.2 Å². The van der Waals surface area contributed by atoms with E-state index in [4.69, 9.17) is 21.1 Å². The highest BCUT2D eigenvalue weighted by molar-refractivity contribution is 6.31. The minimum Gasteiger partial charge on any atom is -0.454 e. The maximum absolute atomic E-state index is 6.56. The number of rotatable bonds is 6. The molecule has 0 unspecified atom stereocenters. The van der Waals surface area contributed by atoms with Crippen molar-refractivity contribution in [2.45, 2.75) is 38.6 Å². The lowest BCUT2D eigenvalue weighted by atomic mass is 9.97. The molecule has 1 aromatic carbocycles. The number of piperazine rings is 1. The van der Waals surface area contributed by atoms with Crippen LogP contribution in [-0.2, 0) is 0 Å². The van der Waals surface area contributed by atoms with Crippen molar-refractivity contribution >= 4 is 11.6 Å². The molecule has 5 heteroatoms. The highest BCUT2D eigenvalue weighted by Gasteiger charge is 2.26. The fourth-order valence-corrected chi connectivity index (χ4v) is 3.58. The van der Waals surface area contributed by atoms with Gasteiger partial charge in [-0.1, -0.05) is 37.8 Å². The van der Waals surface area contributed by atoms with Gasteiger partial charge in [-0.15, -0.1) is 0 Å². The van der Waals surface area contributed by atoms with Gasteiger partial charge in [-0.05, 0) is 18.1 Å². The van der Waals surface area contributed by atoms with Gasteiger partial charge in [0.05, 0.1) is 0 Å². The molecule has 0 spiro atoms. The maximum atomic E-state index is 6.56. The minimum absolute atomic E-state index is 0.295. The fourth-order valence-electron chi connectivity index (χ4n) is 3.30. The van der Waals surface area contributed by atoms with Crippen LogP contribution in [0.4, 0.5) is 0 Å². The Balaban J connectivity index is 1.83. The molecule has 4 nitrogen and oxygen atoms in total. The number of ether oxygens (including phenoxy) is 2. The van der Waals surface area contributed by atoms with Gasteiger partial charge in [-0.2, -0.15) is 0 Å². The standard InChI is InChI=1S/C17H25ClN2O2/c1-2-3-4-5-15(20-8-6-19-7-9-20)13-10-16-17(11-14(13)18)22-12-21-16/h10-11,15,19H,2-9,12H2,1H3/t15-/m0/s1. The number of fused-ring (bicyclic) bond motifs is 1. The van der Waals surface area contributed by atoms with Gasteiger partial charge in [0.25, 0.3) is 0 Å². The lowest BCUT2D eigenvalue weighted by Gasteiger charge is -2.35. The smallest absolute Gasteiger partial charge is 0.231 e. The van der Waals surface area contributed by atoms with Crippen LogP contribution in [0.5, 0.6) is 11.5 Å². The summed E-state index contributed by atoms with van der Waals surface area (Å²) in [6.45, 7) is 6.78. The topological polar surface area (TPSA) is 33.7 Å². The summed E-state index contributed by atoms with van der Waals surface area (Å²) in [6, 6.07) is 4.37. The van der Waals surface area contributed by atoms with Gasteiger partial charge in [-0.3, -0.25) is 4.90 Å². The summed E-state index contributed by atoms with van der Waals surface area (Å²) < 4.78 is 11.0. The molecule has 1 atom stereocenters. The van der Waals surface area contributed by atoms with Gasteiger partial charge >= 0.3 is 0 Å². The quantitative estimate of drug-likeness (QED) is 0.811. The third-order valence-electron chi connectivity index (χ3n) is 4.52. The molecular weight excluding hydrogens is 300 g/mol. The molecule has 1 fully saturated rings. The molecule has 0 bridgehead atoms. The zero-order chi connectivity index (χ0) is 15.4. The Bertz CT molecular complexity index is 504. The molecule has 122 valence electrons. The first-order valence-corrected chi connectivity index (χ1v) is 8.71. The second kappa shape index (κ2) is 7.53. The molecule has 1 aromatic rings. The summed E-state index contributed by atoms with van der Waals surface area (Å²) in [5.41, 5.74) is 1.18. The molecule has 2 heterocycles. The average molecular weight is 325 g/mol. The Morgan fingerprint density at radius 3 is 2.64 bits per heavy atom. The molecule has 3 rings (SSSR count). The van der Waals surface area contributed by atoms with Crippen molar-refractivity contribution in [2.75, 3.05) is 33.0 Å². The van der Waals surface area contributed by atoms with E-state index < -0.39 is 0 Å². The first-order chi connectivity index (χ1) is 10.8. The summed E-state index contributed by atoms with van der Waals surface area (Å²) in [5, 5.41) is 4.22. The van der Waals surface area contributed by atoms with E-state index in [0.29, 0.717) is 12.8 Å². The molecule has 22 heavy (non-hydrogen) atoms. The Hall–Kier alpha value is -0.970. The molecule has 1 N–H and O–H groups in total. The zero-order valence-electron chi connectivity index (χ0n) is 13.2. The number of unbranched alkanes of at least 4 members (excludes halogenated alkanes) is 2. The number of nitrogens with zero attached hydrogens (tertiary/aromatic N) is 1. The number of hydrogen-bond acceptors (Lipinski definition) is 4. The predicted octanol–water partition coefficient (Wildman–Crippen LogP) is 3.60. The van der Waals surface area contributed by atoms with E-state index >= 15 is 0 Å². The van der Waals surface area contributed by atoms with Gasteiger partial charge < -0.3 is 14.8 Å². The average Bonchev–Trinajstić information content (AvgIpc) is 2.99. The van der Waals surface area contributed by atoms with Gasteiger partial charge in [0.1, 0.15) is 0 Å². The van der Waals surface area contributed by atoms with Crippen molar-refractivity contribution in [3.05, 3.63) is 22.7 Å². The number of nitrogens with one attached hydrogen (secondary N) is 1. The first-order valence-electron chi connectivity index (χ1n) is 8.33. The van der Waals surface area contributed by atoms with E-state index in [1.54, 1.807) is 0 Å². The molecule has 0 radical (unpaired) electrons. The van der Waals surface area contributed by atoms with Crippen LogP contribution >= 0.6 is 11.6 Å². The van der Waals surface area contributed by atoms with Crippen molar-refractivity contribution in [2.24, 2.45) is 0 Å². The molecule has 0 aliphatic carbocycles.